The number of fused-ring (bicyclic) bond motifs is 1. The SMILES string of the molecule is Cc1ccc([C@H]2[C@H]3C=CC[C@@H](C)[C@@H]3C(=O)N2Cc2ccc(F)cc2Cl)cc1C. The average Bonchev–Trinajstić information content (AvgIpc) is 2.93. The summed E-state index contributed by atoms with van der Waals surface area (Å²) in [6.07, 6.45) is 5.36. The molecule has 2 aromatic rings. The van der Waals surface area contributed by atoms with Gasteiger partial charge in [0.15, 0.2) is 0 Å². The lowest BCUT2D eigenvalue weighted by Crippen LogP contribution is -2.31. The van der Waals surface area contributed by atoms with E-state index in [0.717, 1.165) is 17.5 Å². The number of hydrogen-bond donors (Lipinski definition) is 0. The van der Waals surface area contributed by atoms with Gasteiger partial charge in [0.2, 0.25) is 5.91 Å². The van der Waals surface area contributed by atoms with E-state index in [1.54, 1.807) is 6.07 Å². The molecule has 146 valence electrons. The zero-order chi connectivity index (χ0) is 20.0. The molecule has 2 aromatic carbocycles. The fourth-order valence-electron chi connectivity index (χ4n) is 4.70. The molecule has 1 aliphatic heterocycles. The van der Waals surface area contributed by atoms with E-state index >= 15 is 0 Å². The number of halogens is 2. The highest BCUT2D eigenvalue weighted by molar-refractivity contribution is 6.31. The Balaban J connectivity index is 1.77. The third-order valence-electron chi connectivity index (χ3n) is 6.39. The number of aryl methyl sites for hydroxylation is 2. The molecule has 1 fully saturated rings. The number of amides is 1. The average molecular weight is 398 g/mol. The molecule has 2 nitrogen and oxygen atoms in total. The first-order valence-corrected chi connectivity index (χ1v) is 10.2. The molecule has 0 aromatic heterocycles. The molecule has 1 saturated heterocycles. The van der Waals surface area contributed by atoms with Crippen molar-refractivity contribution < 1.29 is 9.18 Å². The molecule has 0 radical (unpaired) electrons. The molecular formula is C24H25ClFNO. The lowest BCUT2D eigenvalue weighted by molar-refractivity contribution is -0.134. The number of allylic oxidation sites excluding steroid dienone is 1. The molecule has 1 heterocycles. The molecular weight excluding hydrogens is 373 g/mol. The Morgan fingerprint density at radius 2 is 1.93 bits per heavy atom. The van der Waals surface area contributed by atoms with Crippen molar-refractivity contribution in [3.63, 3.8) is 0 Å². The van der Waals surface area contributed by atoms with Gasteiger partial charge >= 0.3 is 0 Å². The molecule has 4 atom stereocenters. The smallest absolute Gasteiger partial charge is 0.227 e. The van der Waals surface area contributed by atoms with Gasteiger partial charge in [0.25, 0.3) is 0 Å². The quantitative estimate of drug-likeness (QED) is 0.581. The van der Waals surface area contributed by atoms with Crippen LogP contribution in [0, 0.1) is 37.4 Å². The molecule has 1 amide bonds. The standard InChI is InChI=1S/C24H25ClFNO/c1-14-7-8-17(11-16(14)3)23-20-6-4-5-15(2)22(20)24(28)27(23)13-18-9-10-19(26)12-21(18)25/h4,6-12,15,20,22-23H,5,13H2,1-3H3/t15-,20+,22+,23+/m1/s1. The Labute approximate surface area is 171 Å². The van der Waals surface area contributed by atoms with Crippen LogP contribution in [0.2, 0.25) is 5.02 Å². The van der Waals surface area contributed by atoms with Crippen molar-refractivity contribution in [1.82, 2.24) is 4.90 Å². The molecule has 0 spiro atoms. The first kappa shape index (κ1) is 19.2. The van der Waals surface area contributed by atoms with Crippen LogP contribution in [0.5, 0.6) is 0 Å². The second kappa shape index (κ2) is 7.36. The van der Waals surface area contributed by atoms with Gasteiger partial charge in [-0.25, -0.2) is 4.39 Å². The van der Waals surface area contributed by atoms with E-state index in [1.165, 1.54) is 23.3 Å². The van der Waals surface area contributed by atoms with Gasteiger partial charge < -0.3 is 4.90 Å². The van der Waals surface area contributed by atoms with Gasteiger partial charge in [-0.3, -0.25) is 4.79 Å². The Bertz CT molecular complexity index is 954. The lowest BCUT2D eigenvalue weighted by atomic mass is 9.75. The van der Waals surface area contributed by atoms with Crippen molar-refractivity contribution in [2.45, 2.75) is 39.8 Å². The summed E-state index contributed by atoms with van der Waals surface area (Å²) < 4.78 is 13.5. The number of rotatable bonds is 3. The third-order valence-corrected chi connectivity index (χ3v) is 6.74. The largest absolute Gasteiger partial charge is 0.330 e. The number of likely N-dealkylation sites (tertiary alicyclic amines) is 1. The topological polar surface area (TPSA) is 20.3 Å². The van der Waals surface area contributed by atoms with Crippen molar-refractivity contribution in [3.8, 4) is 0 Å². The minimum atomic E-state index is -0.363. The zero-order valence-electron chi connectivity index (χ0n) is 16.5. The van der Waals surface area contributed by atoms with Crippen LogP contribution in [0.4, 0.5) is 4.39 Å². The maximum atomic E-state index is 13.5. The summed E-state index contributed by atoms with van der Waals surface area (Å²) in [6.45, 7) is 6.75. The summed E-state index contributed by atoms with van der Waals surface area (Å²) in [4.78, 5) is 15.4. The second-order valence-corrected chi connectivity index (χ2v) is 8.64. The molecule has 0 bridgehead atoms. The summed E-state index contributed by atoms with van der Waals surface area (Å²) in [5.74, 6) is 0.251. The van der Waals surface area contributed by atoms with Crippen LogP contribution < -0.4 is 0 Å². The first-order chi connectivity index (χ1) is 13.4. The Hall–Kier alpha value is -2.13. The summed E-state index contributed by atoms with van der Waals surface area (Å²) in [5.41, 5.74) is 4.40. The summed E-state index contributed by atoms with van der Waals surface area (Å²) in [6, 6.07) is 10.8. The van der Waals surface area contributed by atoms with E-state index in [-0.39, 0.29) is 29.6 Å². The number of hydrogen-bond acceptors (Lipinski definition) is 1. The molecule has 28 heavy (non-hydrogen) atoms. The Kier molecular flexibility index (Phi) is 5.05. The summed E-state index contributed by atoms with van der Waals surface area (Å²) in [5, 5.41) is 0.366. The molecule has 4 heteroatoms. The van der Waals surface area contributed by atoms with Crippen molar-refractivity contribution in [1.29, 1.82) is 0 Å². The predicted molar refractivity (Wildman–Crippen MR) is 111 cm³/mol. The normalized spacial score (nSPS) is 26.6. The number of nitrogens with zero attached hydrogens (tertiary/aromatic N) is 1. The van der Waals surface area contributed by atoms with Crippen LogP contribution >= 0.6 is 11.6 Å². The number of carbonyl (C=O) groups is 1. The minimum Gasteiger partial charge on any atom is -0.330 e. The minimum absolute atomic E-state index is 0.0177. The number of carbonyl (C=O) groups excluding carboxylic acids is 1. The van der Waals surface area contributed by atoms with Crippen LogP contribution in [0.15, 0.2) is 48.6 Å². The van der Waals surface area contributed by atoms with Crippen molar-refractivity contribution in [2.75, 3.05) is 0 Å². The summed E-state index contributed by atoms with van der Waals surface area (Å²) in [7, 11) is 0. The zero-order valence-corrected chi connectivity index (χ0v) is 17.2. The maximum Gasteiger partial charge on any atom is 0.227 e. The van der Waals surface area contributed by atoms with Crippen molar-refractivity contribution in [3.05, 3.63) is 81.6 Å². The van der Waals surface area contributed by atoms with E-state index < -0.39 is 0 Å². The second-order valence-electron chi connectivity index (χ2n) is 8.23. The first-order valence-electron chi connectivity index (χ1n) is 9.85. The van der Waals surface area contributed by atoms with Gasteiger partial charge in [-0.05, 0) is 60.6 Å². The fraction of sp³-hybridized carbons (Fsp3) is 0.375. The van der Waals surface area contributed by atoms with E-state index in [1.807, 2.05) is 4.90 Å². The predicted octanol–water partition coefficient (Wildman–Crippen LogP) is 6.01. The Morgan fingerprint density at radius 1 is 1.14 bits per heavy atom. The van der Waals surface area contributed by atoms with Gasteiger partial charge in [-0.1, -0.05) is 54.9 Å². The maximum absolute atomic E-state index is 13.5. The fourth-order valence-corrected chi connectivity index (χ4v) is 4.93. The van der Waals surface area contributed by atoms with Gasteiger partial charge in [-0.2, -0.15) is 0 Å². The highest BCUT2D eigenvalue weighted by atomic mass is 35.5. The van der Waals surface area contributed by atoms with E-state index in [0.29, 0.717) is 17.5 Å². The molecule has 2 aliphatic rings. The van der Waals surface area contributed by atoms with Gasteiger partial charge in [0.05, 0.1) is 6.04 Å². The highest BCUT2D eigenvalue weighted by Crippen LogP contribution is 2.49. The van der Waals surface area contributed by atoms with Gasteiger partial charge in [0, 0.05) is 23.4 Å². The highest BCUT2D eigenvalue weighted by Gasteiger charge is 2.50. The van der Waals surface area contributed by atoms with Crippen LogP contribution in [-0.4, -0.2) is 10.8 Å². The molecule has 4 rings (SSSR count). The molecule has 0 N–H and O–H groups in total. The van der Waals surface area contributed by atoms with Crippen LogP contribution in [-0.2, 0) is 11.3 Å². The van der Waals surface area contributed by atoms with Gasteiger partial charge in [-0.15, -0.1) is 0 Å². The van der Waals surface area contributed by atoms with Crippen molar-refractivity contribution >= 4 is 17.5 Å². The molecule has 0 saturated carbocycles. The molecule has 0 unspecified atom stereocenters. The van der Waals surface area contributed by atoms with Crippen LogP contribution in [0.3, 0.4) is 0 Å². The van der Waals surface area contributed by atoms with Crippen LogP contribution in [0.1, 0.15) is 41.6 Å². The van der Waals surface area contributed by atoms with E-state index in [2.05, 4.69) is 51.1 Å². The van der Waals surface area contributed by atoms with E-state index in [9.17, 15) is 9.18 Å². The Morgan fingerprint density at radius 3 is 2.64 bits per heavy atom. The van der Waals surface area contributed by atoms with Crippen LogP contribution in [0.25, 0.3) is 0 Å². The van der Waals surface area contributed by atoms with E-state index in [4.69, 9.17) is 11.6 Å². The third kappa shape index (κ3) is 3.26. The lowest BCUT2D eigenvalue weighted by Gasteiger charge is -2.30. The summed E-state index contributed by atoms with van der Waals surface area (Å²) >= 11 is 6.28. The monoisotopic (exact) mass is 397 g/mol. The van der Waals surface area contributed by atoms with Crippen molar-refractivity contribution in [2.24, 2.45) is 17.8 Å². The van der Waals surface area contributed by atoms with Gasteiger partial charge in [0.1, 0.15) is 5.82 Å². The molecule has 1 aliphatic carbocycles. The number of benzene rings is 2.